The van der Waals surface area contributed by atoms with Crippen molar-refractivity contribution < 1.29 is 14.6 Å². The van der Waals surface area contributed by atoms with Crippen LogP contribution in [0.1, 0.15) is 22.4 Å². The molecular weight excluding hydrogens is 334 g/mol. The highest BCUT2D eigenvalue weighted by atomic mass is 32.1. The molecule has 2 aromatic carbocycles. The number of ether oxygens (including phenoxy) is 1. The van der Waals surface area contributed by atoms with E-state index in [9.17, 15) is 9.90 Å². The molecule has 1 heterocycles. The molecule has 3 aromatic rings. The Bertz CT molecular complexity index is 884. The number of thiazole rings is 1. The molecule has 0 aliphatic carbocycles. The zero-order chi connectivity index (χ0) is 17.8. The van der Waals surface area contributed by atoms with Crippen molar-refractivity contribution in [2.24, 2.45) is 0 Å². The minimum atomic E-state index is -1.12. The zero-order valence-electron chi connectivity index (χ0n) is 14.1. The zero-order valence-corrected chi connectivity index (χ0v) is 14.9. The van der Waals surface area contributed by atoms with Crippen molar-refractivity contribution >= 4 is 17.3 Å². The van der Waals surface area contributed by atoms with E-state index < -0.39 is 5.97 Å². The number of aromatic nitrogens is 1. The summed E-state index contributed by atoms with van der Waals surface area (Å²) in [6, 6.07) is 14.1. The number of aryl methyl sites for hydroxylation is 2. The van der Waals surface area contributed by atoms with E-state index in [1.165, 1.54) is 16.9 Å². The van der Waals surface area contributed by atoms with Crippen LogP contribution in [0.2, 0.25) is 0 Å². The lowest BCUT2D eigenvalue weighted by atomic mass is 10.1. The molecule has 25 heavy (non-hydrogen) atoms. The normalized spacial score (nSPS) is 10.6. The van der Waals surface area contributed by atoms with Crippen LogP contribution in [0, 0.1) is 13.8 Å². The monoisotopic (exact) mass is 352 g/mol. The first kappa shape index (κ1) is 17.2. The molecule has 0 fully saturated rings. The molecule has 0 atom stereocenters. The van der Waals surface area contributed by atoms with Crippen LogP contribution in [-0.4, -0.2) is 11.0 Å². The SMILES string of the molecule is Cc1ccc(OCc2ccc(-c3nc(CC(=O)[O-])cs3)cc2)c(C)c1. The average molecular weight is 352 g/mol. The number of aliphatic carboxylic acids is 1. The van der Waals surface area contributed by atoms with Crippen LogP contribution >= 0.6 is 11.3 Å². The molecule has 0 radical (unpaired) electrons. The van der Waals surface area contributed by atoms with Crippen LogP contribution in [0.4, 0.5) is 0 Å². The highest BCUT2D eigenvalue weighted by molar-refractivity contribution is 7.13. The molecule has 128 valence electrons. The molecule has 0 aliphatic heterocycles. The van der Waals surface area contributed by atoms with Crippen LogP contribution in [0.15, 0.2) is 47.8 Å². The maximum absolute atomic E-state index is 10.6. The van der Waals surface area contributed by atoms with Crippen molar-refractivity contribution in [2.45, 2.75) is 26.9 Å². The lowest BCUT2D eigenvalue weighted by Gasteiger charge is -2.10. The Morgan fingerprint density at radius 3 is 2.60 bits per heavy atom. The summed E-state index contributed by atoms with van der Waals surface area (Å²) in [5.74, 6) is -0.225. The molecule has 0 bridgehead atoms. The number of nitrogens with zero attached hydrogens (tertiary/aromatic N) is 1. The molecule has 0 N–H and O–H groups in total. The highest BCUT2D eigenvalue weighted by Crippen LogP contribution is 2.25. The quantitative estimate of drug-likeness (QED) is 0.683. The average Bonchev–Trinajstić information content (AvgIpc) is 3.02. The van der Waals surface area contributed by atoms with Crippen molar-refractivity contribution in [3.8, 4) is 16.3 Å². The Morgan fingerprint density at radius 2 is 1.92 bits per heavy atom. The number of carboxylic acids is 1. The van der Waals surface area contributed by atoms with Crippen LogP contribution in [-0.2, 0) is 17.8 Å². The van der Waals surface area contributed by atoms with Gasteiger partial charge in [0.1, 0.15) is 17.4 Å². The van der Waals surface area contributed by atoms with Gasteiger partial charge in [-0.1, -0.05) is 42.0 Å². The summed E-state index contributed by atoms with van der Waals surface area (Å²) < 4.78 is 5.89. The van der Waals surface area contributed by atoms with Gasteiger partial charge >= 0.3 is 0 Å². The molecular formula is C20H18NO3S-. The number of benzene rings is 2. The minimum Gasteiger partial charge on any atom is -0.550 e. The van der Waals surface area contributed by atoms with E-state index in [-0.39, 0.29) is 6.42 Å². The number of carbonyl (C=O) groups is 1. The highest BCUT2D eigenvalue weighted by Gasteiger charge is 2.06. The second-order valence-electron chi connectivity index (χ2n) is 5.95. The second kappa shape index (κ2) is 7.49. The molecule has 3 rings (SSSR count). The summed E-state index contributed by atoms with van der Waals surface area (Å²) in [4.78, 5) is 15.0. The minimum absolute atomic E-state index is 0.154. The number of carboxylic acid groups (broad SMARTS) is 1. The number of carbonyl (C=O) groups excluding carboxylic acids is 1. The van der Waals surface area contributed by atoms with Gasteiger partial charge in [0.15, 0.2) is 0 Å². The standard InChI is InChI=1S/C20H19NO3S/c1-13-3-8-18(14(2)9-13)24-11-15-4-6-16(7-5-15)20-21-17(12-25-20)10-19(22)23/h3-9,12H,10-11H2,1-2H3,(H,22,23)/p-1. The van der Waals surface area contributed by atoms with Crippen molar-refractivity contribution in [1.82, 2.24) is 4.98 Å². The van der Waals surface area contributed by atoms with Gasteiger partial charge in [0.2, 0.25) is 0 Å². The van der Waals surface area contributed by atoms with Gasteiger partial charge in [-0.3, -0.25) is 0 Å². The van der Waals surface area contributed by atoms with Gasteiger partial charge in [-0.15, -0.1) is 11.3 Å². The molecule has 0 amide bonds. The Balaban J connectivity index is 1.65. The summed E-state index contributed by atoms with van der Waals surface area (Å²) in [5.41, 5.74) is 4.90. The summed E-state index contributed by atoms with van der Waals surface area (Å²) in [7, 11) is 0. The van der Waals surface area contributed by atoms with Crippen molar-refractivity contribution in [1.29, 1.82) is 0 Å². The number of hydrogen-bond donors (Lipinski definition) is 0. The van der Waals surface area contributed by atoms with Gasteiger partial charge < -0.3 is 14.6 Å². The van der Waals surface area contributed by atoms with Gasteiger partial charge in [0, 0.05) is 23.3 Å². The van der Waals surface area contributed by atoms with Crippen molar-refractivity contribution in [3.63, 3.8) is 0 Å². The first-order valence-electron chi connectivity index (χ1n) is 7.95. The van der Waals surface area contributed by atoms with Crippen molar-refractivity contribution in [3.05, 3.63) is 70.2 Å². The van der Waals surface area contributed by atoms with Crippen LogP contribution < -0.4 is 9.84 Å². The molecule has 4 nitrogen and oxygen atoms in total. The summed E-state index contributed by atoms with van der Waals surface area (Å²) >= 11 is 1.43. The van der Waals surface area contributed by atoms with Crippen LogP contribution in [0.3, 0.4) is 0 Å². The first-order chi connectivity index (χ1) is 12.0. The van der Waals surface area contributed by atoms with Crippen LogP contribution in [0.25, 0.3) is 10.6 Å². The molecule has 0 unspecified atom stereocenters. The van der Waals surface area contributed by atoms with E-state index in [1.807, 2.05) is 43.3 Å². The lowest BCUT2D eigenvalue weighted by molar-refractivity contribution is -0.304. The maximum Gasteiger partial charge on any atom is 0.123 e. The topological polar surface area (TPSA) is 62.2 Å². The maximum atomic E-state index is 10.6. The van der Waals surface area contributed by atoms with E-state index in [0.717, 1.165) is 27.4 Å². The molecule has 1 aromatic heterocycles. The van der Waals surface area contributed by atoms with E-state index >= 15 is 0 Å². The Labute approximate surface area is 150 Å². The van der Waals surface area contributed by atoms with E-state index in [2.05, 4.69) is 18.0 Å². The van der Waals surface area contributed by atoms with Gasteiger partial charge in [0.05, 0.1) is 5.69 Å². The van der Waals surface area contributed by atoms with Gasteiger partial charge in [-0.25, -0.2) is 4.98 Å². The van der Waals surface area contributed by atoms with Gasteiger partial charge in [0.25, 0.3) is 0 Å². The van der Waals surface area contributed by atoms with Gasteiger partial charge in [-0.05, 0) is 31.0 Å². The number of rotatable bonds is 6. The number of hydrogen-bond acceptors (Lipinski definition) is 5. The van der Waals surface area contributed by atoms with Gasteiger partial charge in [-0.2, -0.15) is 0 Å². The summed E-state index contributed by atoms with van der Waals surface area (Å²) in [6.45, 7) is 4.60. The molecule has 5 heteroatoms. The molecule has 0 aliphatic rings. The fraction of sp³-hybridized carbons (Fsp3) is 0.200. The lowest BCUT2D eigenvalue weighted by Crippen LogP contribution is -2.24. The van der Waals surface area contributed by atoms with Crippen LogP contribution in [0.5, 0.6) is 5.75 Å². The van der Waals surface area contributed by atoms with E-state index in [4.69, 9.17) is 4.74 Å². The molecule has 0 spiro atoms. The summed E-state index contributed by atoms with van der Waals surface area (Å²) in [5, 5.41) is 13.2. The molecule has 0 saturated heterocycles. The second-order valence-corrected chi connectivity index (χ2v) is 6.81. The Hall–Kier alpha value is -2.66. The predicted molar refractivity (Wildman–Crippen MR) is 96.5 cm³/mol. The fourth-order valence-electron chi connectivity index (χ4n) is 2.53. The molecule has 0 saturated carbocycles. The summed E-state index contributed by atoms with van der Waals surface area (Å²) in [6.07, 6.45) is -0.154. The third-order valence-electron chi connectivity index (χ3n) is 3.80. The third kappa shape index (κ3) is 4.45. The third-order valence-corrected chi connectivity index (χ3v) is 4.74. The van der Waals surface area contributed by atoms with E-state index in [1.54, 1.807) is 5.38 Å². The largest absolute Gasteiger partial charge is 0.550 e. The Kier molecular flexibility index (Phi) is 5.14. The predicted octanol–water partition coefficient (Wildman–Crippen LogP) is 3.30. The fourth-order valence-corrected chi connectivity index (χ4v) is 3.36. The van der Waals surface area contributed by atoms with E-state index in [0.29, 0.717) is 12.3 Å². The van der Waals surface area contributed by atoms with Crippen molar-refractivity contribution in [2.75, 3.05) is 0 Å². The first-order valence-corrected chi connectivity index (χ1v) is 8.83. The Morgan fingerprint density at radius 1 is 1.16 bits per heavy atom. The smallest absolute Gasteiger partial charge is 0.123 e.